The maximum Gasteiger partial charge on any atom is 0.255 e. The normalized spacial score (nSPS) is 10.9. The summed E-state index contributed by atoms with van der Waals surface area (Å²) < 4.78 is 10.2. The van der Waals surface area contributed by atoms with E-state index in [1.165, 1.54) is 21.0 Å². The van der Waals surface area contributed by atoms with Crippen molar-refractivity contribution in [3.05, 3.63) is 18.2 Å². The van der Waals surface area contributed by atoms with Gasteiger partial charge in [-0.2, -0.15) is 0 Å². The average Bonchev–Trinajstić information content (AvgIpc) is 2.28. The van der Waals surface area contributed by atoms with Gasteiger partial charge in [-0.05, 0) is 26.0 Å². The first-order chi connectivity index (χ1) is 7.88. The Morgan fingerprint density at radius 3 is 2.41 bits per heavy atom. The number of hydrogen-bond acceptors (Lipinski definition) is 4. The minimum absolute atomic E-state index is 0.474. The van der Waals surface area contributed by atoms with E-state index in [1.807, 2.05) is 0 Å². The van der Waals surface area contributed by atoms with Crippen LogP contribution in [0.3, 0.4) is 0 Å². The molecule has 0 unspecified atom stereocenters. The van der Waals surface area contributed by atoms with Gasteiger partial charge in [-0.25, -0.2) is 0 Å². The van der Waals surface area contributed by atoms with Crippen molar-refractivity contribution in [1.29, 1.82) is 0 Å². The van der Waals surface area contributed by atoms with Crippen LogP contribution in [-0.4, -0.2) is 30.8 Å². The molecule has 0 radical (unpaired) electrons. The number of amides is 1. The van der Waals surface area contributed by atoms with Crippen LogP contribution in [0.5, 0.6) is 11.5 Å². The van der Waals surface area contributed by atoms with Crippen molar-refractivity contribution in [2.45, 2.75) is 19.4 Å². The van der Waals surface area contributed by atoms with E-state index in [2.05, 4.69) is 5.32 Å². The Balaban J connectivity index is 2.95. The summed E-state index contributed by atoms with van der Waals surface area (Å²) in [4.78, 5) is 11.6. The van der Waals surface area contributed by atoms with Crippen molar-refractivity contribution < 1.29 is 19.4 Å². The molecule has 0 aromatic heterocycles. The molecule has 0 saturated heterocycles. The summed E-state index contributed by atoms with van der Waals surface area (Å²) in [6, 6.07) is 5.00. The lowest BCUT2D eigenvalue weighted by molar-refractivity contribution is -0.130. The van der Waals surface area contributed by atoms with Gasteiger partial charge in [-0.15, -0.1) is 0 Å². The molecular formula is C12H17NO4. The Hall–Kier alpha value is -1.75. The summed E-state index contributed by atoms with van der Waals surface area (Å²) in [5.41, 5.74) is -0.953. The van der Waals surface area contributed by atoms with Crippen LogP contribution in [0.15, 0.2) is 18.2 Å². The Bertz CT molecular complexity index is 409. The van der Waals surface area contributed by atoms with Crippen molar-refractivity contribution in [1.82, 2.24) is 0 Å². The van der Waals surface area contributed by atoms with Crippen LogP contribution < -0.4 is 14.8 Å². The van der Waals surface area contributed by atoms with E-state index < -0.39 is 11.5 Å². The average molecular weight is 239 g/mol. The SMILES string of the molecule is COc1ccc(NC(=O)C(C)(C)O)c(OC)c1. The summed E-state index contributed by atoms with van der Waals surface area (Å²) in [7, 11) is 3.04. The van der Waals surface area contributed by atoms with E-state index in [-0.39, 0.29) is 0 Å². The molecule has 0 atom stereocenters. The van der Waals surface area contributed by atoms with Gasteiger partial charge in [-0.1, -0.05) is 0 Å². The monoisotopic (exact) mass is 239 g/mol. The molecule has 0 heterocycles. The number of rotatable bonds is 4. The molecular weight excluding hydrogens is 222 g/mol. The molecule has 0 aliphatic heterocycles. The number of nitrogens with one attached hydrogen (secondary N) is 1. The summed E-state index contributed by atoms with van der Waals surface area (Å²) in [5, 5.41) is 12.1. The Labute approximate surface area is 100 Å². The van der Waals surface area contributed by atoms with Gasteiger partial charge in [0.2, 0.25) is 0 Å². The van der Waals surface area contributed by atoms with Gasteiger partial charge in [0.1, 0.15) is 17.1 Å². The molecule has 1 aromatic rings. The first-order valence-corrected chi connectivity index (χ1v) is 5.14. The number of methoxy groups -OCH3 is 2. The molecule has 0 saturated carbocycles. The minimum atomic E-state index is -1.44. The highest BCUT2D eigenvalue weighted by Crippen LogP contribution is 2.29. The zero-order chi connectivity index (χ0) is 13.1. The first kappa shape index (κ1) is 13.3. The van der Waals surface area contributed by atoms with E-state index in [9.17, 15) is 9.90 Å². The van der Waals surface area contributed by atoms with Crippen LogP contribution in [0.25, 0.3) is 0 Å². The zero-order valence-electron chi connectivity index (χ0n) is 10.4. The molecule has 5 heteroatoms. The van der Waals surface area contributed by atoms with Crippen LogP contribution in [0, 0.1) is 0 Å². The van der Waals surface area contributed by atoms with Crippen molar-refractivity contribution in [3.8, 4) is 11.5 Å². The molecule has 17 heavy (non-hydrogen) atoms. The van der Waals surface area contributed by atoms with Crippen LogP contribution in [0.2, 0.25) is 0 Å². The molecule has 1 amide bonds. The molecule has 94 valence electrons. The van der Waals surface area contributed by atoms with Gasteiger partial charge in [-0.3, -0.25) is 4.79 Å². The van der Waals surface area contributed by atoms with Gasteiger partial charge in [0.25, 0.3) is 5.91 Å². The van der Waals surface area contributed by atoms with Gasteiger partial charge in [0, 0.05) is 6.07 Å². The van der Waals surface area contributed by atoms with E-state index in [4.69, 9.17) is 9.47 Å². The Morgan fingerprint density at radius 2 is 1.94 bits per heavy atom. The fourth-order valence-corrected chi connectivity index (χ4v) is 1.18. The third kappa shape index (κ3) is 3.35. The second kappa shape index (κ2) is 5.05. The van der Waals surface area contributed by atoms with Gasteiger partial charge >= 0.3 is 0 Å². The van der Waals surface area contributed by atoms with Gasteiger partial charge in [0.15, 0.2) is 0 Å². The summed E-state index contributed by atoms with van der Waals surface area (Å²) in [5.74, 6) is 0.603. The molecule has 0 aliphatic carbocycles. The van der Waals surface area contributed by atoms with Crippen molar-refractivity contribution in [2.75, 3.05) is 19.5 Å². The van der Waals surface area contributed by atoms with Gasteiger partial charge in [0.05, 0.1) is 19.9 Å². The maximum atomic E-state index is 11.6. The third-order valence-corrected chi connectivity index (χ3v) is 2.21. The predicted octanol–water partition coefficient (Wildman–Crippen LogP) is 1.41. The lowest BCUT2D eigenvalue weighted by Gasteiger charge is -2.18. The lowest BCUT2D eigenvalue weighted by atomic mass is 10.1. The molecule has 1 rings (SSSR count). The second-order valence-electron chi connectivity index (χ2n) is 4.08. The highest BCUT2D eigenvalue weighted by molar-refractivity contribution is 5.97. The lowest BCUT2D eigenvalue weighted by Crippen LogP contribution is -2.36. The van der Waals surface area contributed by atoms with Crippen LogP contribution in [0.1, 0.15) is 13.8 Å². The van der Waals surface area contributed by atoms with E-state index in [0.29, 0.717) is 17.2 Å². The summed E-state index contributed by atoms with van der Waals surface area (Å²) in [6.07, 6.45) is 0. The Morgan fingerprint density at radius 1 is 1.29 bits per heavy atom. The number of anilines is 1. The topological polar surface area (TPSA) is 67.8 Å². The number of ether oxygens (including phenoxy) is 2. The van der Waals surface area contributed by atoms with Crippen molar-refractivity contribution >= 4 is 11.6 Å². The van der Waals surface area contributed by atoms with Crippen LogP contribution in [-0.2, 0) is 4.79 Å². The first-order valence-electron chi connectivity index (χ1n) is 5.14. The van der Waals surface area contributed by atoms with E-state index in [0.717, 1.165) is 0 Å². The Kier molecular flexibility index (Phi) is 3.96. The van der Waals surface area contributed by atoms with Gasteiger partial charge < -0.3 is 19.9 Å². The molecule has 5 nitrogen and oxygen atoms in total. The fraction of sp³-hybridized carbons (Fsp3) is 0.417. The molecule has 0 aliphatic rings. The second-order valence-corrected chi connectivity index (χ2v) is 4.08. The van der Waals surface area contributed by atoms with Crippen molar-refractivity contribution in [3.63, 3.8) is 0 Å². The number of carbonyl (C=O) groups excluding carboxylic acids is 1. The smallest absolute Gasteiger partial charge is 0.255 e. The largest absolute Gasteiger partial charge is 0.497 e. The van der Waals surface area contributed by atoms with E-state index in [1.54, 1.807) is 25.3 Å². The highest BCUT2D eigenvalue weighted by Gasteiger charge is 2.24. The van der Waals surface area contributed by atoms with Crippen LogP contribution in [0.4, 0.5) is 5.69 Å². The minimum Gasteiger partial charge on any atom is -0.497 e. The number of carbonyl (C=O) groups is 1. The number of benzene rings is 1. The highest BCUT2D eigenvalue weighted by atomic mass is 16.5. The molecule has 0 fully saturated rings. The maximum absolute atomic E-state index is 11.6. The standard InChI is InChI=1S/C12H17NO4/c1-12(2,15)11(14)13-9-6-5-8(16-3)7-10(9)17-4/h5-7,15H,1-4H3,(H,13,14). The molecule has 1 aromatic carbocycles. The molecule has 0 bridgehead atoms. The summed E-state index contributed by atoms with van der Waals surface area (Å²) >= 11 is 0. The van der Waals surface area contributed by atoms with Crippen molar-refractivity contribution in [2.24, 2.45) is 0 Å². The quantitative estimate of drug-likeness (QED) is 0.833. The third-order valence-electron chi connectivity index (χ3n) is 2.21. The zero-order valence-corrected chi connectivity index (χ0v) is 10.4. The van der Waals surface area contributed by atoms with E-state index >= 15 is 0 Å². The number of hydrogen-bond donors (Lipinski definition) is 2. The molecule has 0 spiro atoms. The van der Waals surface area contributed by atoms with Crippen LogP contribution >= 0.6 is 0 Å². The molecule has 2 N–H and O–H groups in total. The predicted molar refractivity (Wildman–Crippen MR) is 64.5 cm³/mol. The summed E-state index contributed by atoms with van der Waals surface area (Å²) in [6.45, 7) is 2.83. The fourth-order valence-electron chi connectivity index (χ4n) is 1.18. The number of aliphatic hydroxyl groups is 1.